The van der Waals surface area contributed by atoms with Crippen molar-refractivity contribution in [3.05, 3.63) is 52.4 Å². The third-order valence-electron chi connectivity index (χ3n) is 3.88. The van der Waals surface area contributed by atoms with Gasteiger partial charge in [0.05, 0.1) is 5.56 Å². The number of hydrogen-bond donors (Lipinski definition) is 2. The number of aromatic hydroxyl groups is 2. The predicted octanol–water partition coefficient (Wildman–Crippen LogP) is 2.36. The minimum absolute atomic E-state index is 0.00441. The Morgan fingerprint density at radius 2 is 1.64 bits per heavy atom. The molecule has 0 atom stereocenters. The van der Waals surface area contributed by atoms with Gasteiger partial charge < -0.3 is 19.4 Å². The third kappa shape index (κ3) is 2.33. The van der Waals surface area contributed by atoms with E-state index in [9.17, 15) is 24.6 Å². The van der Waals surface area contributed by atoms with E-state index >= 15 is 0 Å². The number of hydrogen-bond acceptors (Lipinski definition) is 7. The average Bonchev–Trinajstić information content (AvgIpc) is 2.59. The summed E-state index contributed by atoms with van der Waals surface area (Å²) in [6.07, 6.45) is -0.608. The topological polar surface area (TPSA) is 114 Å². The van der Waals surface area contributed by atoms with Crippen LogP contribution in [-0.2, 0) is 4.79 Å². The Labute approximate surface area is 139 Å². The van der Waals surface area contributed by atoms with E-state index in [1.807, 2.05) is 0 Å². The normalized spacial score (nSPS) is 13.6. The molecular weight excluding hydrogens is 328 g/mol. The van der Waals surface area contributed by atoms with Crippen molar-refractivity contribution >= 4 is 22.7 Å². The summed E-state index contributed by atoms with van der Waals surface area (Å²) >= 11 is 0. The summed E-state index contributed by atoms with van der Waals surface area (Å²) in [6.45, 7) is 0. The second-order valence-electron chi connectivity index (χ2n) is 5.57. The fraction of sp³-hybridized carbons (Fsp3) is 0.0556. The Morgan fingerprint density at radius 1 is 0.920 bits per heavy atom. The lowest BCUT2D eigenvalue weighted by molar-refractivity contribution is -0.133. The first-order valence-corrected chi connectivity index (χ1v) is 7.31. The lowest BCUT2D eigenvalue weighted by Gasteiger charge is -2.09. The van der Waals surface area contributed by atoms with Crippen LogP contribution in [0.15, 0.2) is 45.6 Å². The largest absolute Gasteiger partial charge is 0.508 e. The van der Waals surface area contributed by atoms with Gasteiger partial charge in [0.15, 0.2) is 5.76 Å². The molecule has 3 aromatic rings. The highest BCUT2D eigenvalue weighted by atomic mass is 16.5. The number of rotatable bonds is 1. The summed E-state index contributed by atoms with van der Waals surface area (Å²) in [5.41, 5.74) is -0.298. The van der Waals surface area contributed by atoms with Gasteiger partial charge in [-0.15, -0.1) is 0 Å². The fourth-order valence-corrected chi connectivity index (χ4v) is 2.81. The minimum atomic E-state index is -0.856. The van der Waals surface area contributed by atoms with Gasteiger partial charge in [0.2, 0.25) is 11.2 Å². The lowest BCUT2D eigenvalue weighted by Crippen LogP contribution is -2.14. The Balaban J connectivity index is 2.17. The van der Waals surface area contributed by atoms with E-state index in [4.69, 9.17) is 9.15 Å². The second kappa shape index (κ2) is 5.20. The first-order valence-electron chi connectivity index (χ1n) is 7.31. The average molecular weight is 338 g/mol. The molecule has 0 spiro atoms. The van der Waals surface area contributed by atoms with Crippen molar-refractivity contribution in [1.29, 1.82) is 0 Å². The zero-order valence-corrected chi connectivity index (χ0v) is 12.6. The highest BCUT2D eigenvalue weighted by molar-refractivity contribution is 6.10. The van der Waals surface area contributed by atoms with Crippen LogP contribution in [0.3, 0.4) is 0 Å². The number of carbonyl (C=O) groups is 2. The zero-order chi connectivity index (χ0) is 17.7. The second-order valence-corrected chi connectivity index (χ2v) is 5.57. The Hall–Kier alpha value is -3.61. The molecule has 2 aliphatic rings. The molecule has 25 heavy (non-hydrogen) atoms. The standard InChI is InChI=1S/C18H10O7/c19-9-3-1-8(2-4-9)15-17(23)16-12-5-10(20)6-13(16)25-18(15)11(21)7-14(22)24-12/h1-6,19-20H,7H2. The molecule has 7 nitrogen and oxygen atoms in total. The molecule has 124 valence electrons. The molecule has 0 unspecified atom stereocenters. The highest BCUT2D eigenvalue weighted by Gasteiger charge is 2.29. The minimum Gasteiger partial charge on any atom is -0.508 e. The van der Waals surface area contributed by atoms with E-state index in [-0.39, 0.29) is 39.5 Å². The van der Waals surface area contributed by atoms with Crippen molar-refractivity contribution in [1.82, 2.24) is 0 Å². The van der Waals surface area contributed by atoms with Gasteiger partial charge in [-0.2, -0.15) is 0 Å². The maximum absolute atomic E-state index is 13.0. The van der Waals surface area contributed by atoms with Crippen molar-refractivity contribution in [3.8, 4) is 28.4 Å². The molecule has 0 fully saturated rings. The van der Waals surface area contributed by atoms with Crippen molar-refractivity contribution in [2.45, 2.75) is 6.42 Å². The van der Waals surface area contributed by atoms with Crippen LogP contribution >= 0.6 is 0 Å². The molecule has 0 aliphatic carbocycles. The van der Waals surface area contributed by atoms with Gasteiger partial charge >= 0.3 is 5.97 Å². The van der Waals surface area contributed by atoms with Crippen LogP contribution in [0.1, 0.15) is 17.0 Å². The van der Waals surface area contributed by atoms with Crippen molar-refractivity contribution < 1.29 is 29.0 Å². The number of ketones is 1. The highest BCUT2D eigenvalue weighted by Crippen LogP contribution is 2.35. The first kappa shape index (κ1) is 14.9. The van der Waals surface area contributed by atoms with E-state index in [1.165, 1.54) is 30.3 Å². The van der Waals surface area contributed by atoms with Crippen molar-refractivity contribution in [2.24, 2.45) is 0 Å². The van der Waals surface area contributed by atoms with Gasteiger partial charge in [0.1, 0.15) is 34.6 Å². The molecular formula is C18H10O7. The van der Waals surface area contributed by atoms with Crippen molar-refractivity contribution in [3.63, 3.8) is 0 Å². The molecule has 2 N–H and O–H groups in total. The van der Waals surface area contributed by atoms with Gasteiger partial charge in [0, 0.05) is 12.1 Å². The number of fused-ring (bicyclic) bond motifs is 4. The summed E-state index contributed by atoms with van der Waals surface area (Å²) in [7, 11) is 0. The quantitative estimate of drug-likeness (QED) is 0.398. The number of esters is 1. The van der Waals surface area contributed by atoms with Gasteiger partial charge in [-0.1, -0.05) is 12.1 Å². The number of phenolic OH excluding ortho intramolecular Hbond substituents is 2. The number of ether oxygens (including phenoxy) is 1. The maximum Gasteiger partial charge on any atom is 0.319 e. The van der Waals surface area contributed by atoms with Crippen molar-refractivity contribution in [2.75, 3.05) is 0 Å². The third-order valence-corrected chi connectivity index (χ3v) is 3.88. The summed E-state index contributed by atoms with van der Waals surface area (Å²) in [6, 6.07) is 7.96. The summed E-state index contributed by atoms with van der Waals surface area (Å²) in [5, 5.41) is 19.1. The predicted molar refractivity (Wildman–Crippen MR) is 85.8 cm³/mol. The smallest absolute Gasteiger partial charge is 0.319 e. The number of carbonyl (C=O) groups excluding carboxylic acids is 2. The number of phenols is 2. The number of Topliss-reactive ketones (excluding diaryl/α,β-unsaturated/α-hetero) is 1. The molecule has 0 saturated heterocycles. The van der Waals surface area contributed by atoms with E-state index in [1.54, 1.807) is 0 Å². The molecule has 3 heterocycles. The van der Waals surface area contributed by atoms with Crippen LogP contribution in [0.4, 0.5) is 0 Å². The van der Waals surface area contributed by atoms with Gasteiger partial charge in [0.25, 0.3) is 0 Å². The molecule has 4 bridgehead atoms. The van der Waals surface area contributed by atoms with Gasteiger partial charge in [-0.05, 0) is 17.7 Å². The first-order chi connectivity index (χ1) is 11.9. The fourth-order valence-electron chi connectivity index (χ4n) is 2.81. The van der Waals surface area contributed by atoms with Crippen LogP contribution < -0.4 is 10.2 Å². The van der Waals surface area contributed by atoms with E-state index in [0.717, 1.165) is 6.07 Å². The van der Waals surface area contributed by atoms with Crippen LogP contribution in [0.2, 0.25) is 0 Å². The summed E-state index contributed by atoms with van der Waals surface area (Å²) in [5.74, 6) is -2.31. The molecule has 0 radical (unpaired) electrons. The SMILES string of the molecule is O=C1CC(=O)c2oc3cc(O)cc(c3c(=O)c2-c2ccc(O)cc2)O1. The molecule has 2 aromatic carbocycles. The zero-order valence-electron chi connectivity index (χ0n) is 12.6. The molecule has 7 heteroatoms. The monoisotopic (exact) mass is 338 g/mol. The van der Waals surface area contributed by atoms with E-state index in [2.05, 4.69) is 0 Å². The molecule has 2 aliphatic heterocycles. The van der Waals surface area contributed by atoms with Crippen LogP contribution in [0.25, 0.3) is 22.1 Å². The molecule has 0 amide bonds. The maximum atomic E-state index is 13.0. The van der Waals surface area contributed by atoms with Gasteiger partial charge in [-0.3, -0.25) is 14.4 Å². The Bertz CT molecular complexity index is 1110. The van der Waals surface area contributed by atoms with Crippen LogP contribution in [0.5, 0.6) is 17.2 Å². The lowest BCUT2D eigenvalue weighted by atomic mass is 9.99. The molecule has 5 rings (SSSR count). The van der Waals surface area contributed by atoms with Crippen LogP contribution in [0, 0.1) is 0 Å². The van der Waals surface area contributed by atoms with E-state index in [0.29, 0.717) is 5.56 Å². The molecule has 1 aromatic heterocycles. The molecule has 0 saturated carbocycles. The van der Waals surface area contributed by atoms with Gasteiger partial charge in [-0.25, -0.2) is 0 Å². The Kier molecular flexibility index (Phi) is 3.11. The summed E-state index contributed by atoms with van der Waals surface area (Å²) < 4.78 is 10.6. The van der Waals surface area contributed by atoms with E-state index < -0.39 is 23.6 Å². The summed E-state index contributed by atoms with van der Waals surface area (Å²) in [4.78, 5) is 37.3. The van der Waals surface area contributed by atoms with Crippen LogP contribution in [-0.4, -0.2) is 22.0 Å². The Morgan fingerprint density at radius 3 is 2.36 bits per heavy atom. The number of benzene rings is 2.